The van der Waals surface area contributed by atoms with Crippen LogP contribution in [0.5, 0.6) is 5.75 Å². The highest BCUT2D eigenvalue weighted by Crippen LogP contribution is 2.26. The monoisotopic (exact) mass is 193 g/mol. The van der Waals surface area contributed by atoms with Crippen LogP contribution >= 0.6 is 0 Å². The van der Waals surface area contributed by atoms with Crippen molar-refractivity contribution in [2.45, 2.75) is 20.1 Å². The SMILES string of the molecule is CC(=O)NCc1ccc2c(c1)COO2. The Morgan fingerprint density at radius 1 is 1.57 bits per heavy atom. The first kappa shape index (κ1) is 9.02. The summed E-state index contributed by atoms with van der Waals surface area (Å²) in [6.45, 7) is 2.52. The fourth-order valence-corrected chi connectivity index (χ4v) is 1.32. The smallest absolute Gasteiger partial charge is 0.217 e. The molecule has 1 N–H and O–H groups in total. The Morgan fingerprint density at radius 2 is 2.43 bits per heavy atom. The summed E-state index contributed by atoms with van der Waals surface area (Å²) in [6, 6.07) is 5.72. The average Bonchev–Trinajstić information content (AvgIpc) is 2.61. The van der Waals surface area contributed by atoms with Crippen LogP contribution in [0.1, 0.15) is 18.1 Å². The van der Waals surface area contributed by atoms with Gasteiger partial charge in [-0.1, -0.05) is 6.07 Å². The van der Waals surface area contributed by atoms with E-state index in [0.717, 1.165) is 16.9 Å². The maximum atomic E-state index is 10.7. The summed E-state index contributed by atoms with van der Waals surface area (Å²) in [5.41, 5.74) is 2.07. The van der Waals surface area contributed by atoms with Gasteiger partial charge in [0.05, 0.1) is 0 Å². The molecule has 1 amide bonds. The predicted molar refractivity (Wildman–Crippen MR) is 49.4 cm³/mol. The van der Waals surface area contributed by atoms with Crippen LogP contribution in [0.25, 0.3) is 0 Å². The van der Waals surface area contributed by atoms with Gasteiger partial charge in [-0.25, -0.2) is 0 Å². The predicted octanol–water partition coefficient (Wildman–Crippen LogP) is 1.15. The molecule has 2 rings (SSSR count). The molecule has 0 saturated carbocycles. The summed E-state index contributed by atoms with van der Waals surface area (Å²) in [7, 11) is 0. The van der Waals surface area contributed by atoms with E-state index in [4.69, 9.17) is 9.78 Å². The minimum Gasteiger partial charge on any atom is -0.352 e. The van der Waals surface area contributed by atoms with Gasteiger partial charge in [0.2, 0.25) is 5.91 Å². The summed E-state index contributed by atoms with van der Waals surface area (Å²) >= 11 is 0. The number of nitrogens with one attached hydrogen (secondary N) is 1. The molecular formula is C10H11NO3. The molecule has 0 unspecified atom stereocenters. The highest BCUT2D eigenvalue weighted by molar-refractivity contribution is 5.72. The van der Waals surface area contributed by atoms with Crippen LogP contribution in [-0.4, -0.2) is 5.91 Å². The van der Waals surface area contributed by atoms with Crippen LogP contribution in [0, 0.1) is 0 Å². The normalized spacial score (nSPS) is 13.2. The maximum Gasteiger partial charge on any atom is 0.217 e. The zero-order valence-corrected chi connectivity index (χ0v) is 7.87. The summed E-state index contributed by atoms with van der Waals surface area (Å²) in [5.74, 6) is 0.731. The molecule has 14 heavy (non-hydrogen) atoms. The molecule has 4 heteroatoms. The summed E-state index contributed by atoms with van der Waals surface area (Å²) in [4.78, 5) is 20.4. The fraction of sp³-hybridized carbons (Fsp3) is 0.300. The van der Waals surface area contributed by atoms with Crippen molar-refractivity contribution in [2.24, 2.45) is 0 Å². The van der Waals surface area contributed by atoms with E-state index in [9.17, 15) is 4.79 Å². The molecule has 0 fully saturated rings. The Balaban J connectivity index is 2.09. The van der Waals surface area contributed by atoms with Crippen molar-refractivity contribution in [1.82, 2.24) is 5.32 Å². The third-order valence-electron chi connectivity index (χ3n) is 2.03. The third-order valence-corrected chi connectivity index (χ3v) is 2.03. The van der Waals surface area contributed by atoms with E-state index in [1.165, 1.54) is 6.92 Å². The minimum absolute atomic E-state index is 0.0296. The summed E-state index contributed by atoms with van der Waals surface area (Å²) in [6.07, 6.45) is 0. The lowest BCUT2D eigenvalue weighted by Gasteiger charge is -2.03. The number of hydrogen-bond acceptors (Lipinski definition) is 3. The van der Waals surface area contributed by atoms with Crippen LogP contribution in [0.2, 0.25) is 0 Å². The molecule has 74 valence electrons. The van der Waals surface area contributed by atoms with E-state index in [1.807, 2.05) is 18.2 Å². The molecule has 0 aliphatic carbocycles. The summed E-state index contributed by atoms with van der Waals surface area (Å²) < 4.78 is 0. The Hall–Kier alpha value is -1.55. The van der Waals surface area contributed by atoms with Gasteiger partial charge in [0.25, 0.3) is 0 Å². The second kappa shape index (κ2) is 3.67. The van der Waals surface area contributed by atoms with Crippen LogP contribution in [0.3, 0.4) is 0 Å². The molecule has 1 aromatic rings. The van der Waals surface area contributed by atoms with Gasteiger partial charge in [-0.3, -0.25) is 4.79 Å². The Kier molecular flexibility index (Phi) is 2.37. The molecular weight excluding hydrogens is 182 g/mol. The van der Waals surface area contributed by atoms with Crippen molar-refractivity contribution < 1.29 is 14.6 Å². The number of hydrogen-bond donors (Lipinski definition) is 1. The number of carbonyl (C=O) groups is 1. The highest BCUT2D eigenvalue weighted by Gasteiger charge is 2.13. The van der Waals surface area contributed by atoms with Gasteiger partial charge >= 0.3 is 0 Å². The van der Waals surface area contributed by atoms with Crippen molar-refractivity contribution in [3.8, 4) is 5.75 Å². The second-order valence-electron chi connectivity index (χ2n) is 3.20. The standard InChI is InChI=1S/C10H11NO3/c1-7(12)11-5-8-2-3-10-9(4-8)6-13-14-10/h2-4H,5-6H2,1H3,(H,11,12). The molecule has 1 aromatic carbocycles. The van der Waals surface area contributed by atoms with Crippen molar-refractivity contribution in [1.29, 1.82) is 0 Å². The number of amides is 1. The van der Waals surface area contributed by atoms with Crippen LogP contribution in [0.4, 0.5) is 0 Å². The fourth-order valence-electron chi connectivity index (χ4n) is 1.32. The van der Waals surface area contributed by atoms with Crippen molar-refractivity contribution in [3.63, 3.8) is 0 Å². The number of rotatable bonds is 2. The quantitative estimate of drug-likeness (QED) is 0.716. The average molecular weight is 193 g/mol. The first-order chi connectivity index (χ1) is 6.75. The lowest BCUT2D eigenvalue weighted by molar-refractivity contribution is -0.194. The number of benzene rings is 1. The van der Waals surface area contributed by atoms with E-state index in [0.29, 0.717) is 13.2 Å². The van der Waals surface area contributed by atoms with Gasteiger partial charge in [-0.2, -0.15) is 4.89 Å². The molecule has 0 radical (unpaired) electrons. The molecule has 0 saturated heterocycles. The van der Waals surface area contributed by atoms with E-state index >= 15 is 0 Å². The molecule has 0 atom stereocenters. The molecule has 1 aliphatic rings. The second-order valence-corrected chi connectivity index (χ2v) is 3.20. The Labute approximate surface area is 81.8 Å². The number of carbonyl (C=O) groups excluding carboxylic acids is 1. The Morgan fingerprint density at radius 3 is 3.21 bits per heavy atom. The maximum absolute atomic E-state index is 10.7. The summed E-state index contributed by atoms with van der Waals surface area (Å²) in [5, 5.41) is 2.73. The number of fused-ring (bicyclic) bond motifs is 1. The van der Waals surface area contributed by atoms with Gasteiger partial charge in [0, 0.05) is 19.0 Å². The minimum atomic E-state index is -0.0296. The van der Waals surface area contributed by atoms with E-state index in [1.54, 1.807) is 0 Å². The molecule has 0 aromatic heterocycles. The van der Waals surface area contributed by atoms with Crippen LogP contribution in [0.15, 0.2) is 18.2 Å². The topological polar surface area (TPSA) is 47.6 Å². The van der Waals surface area contributed by atoms with Gasteiger partial charge in [-0.05, 0) is 17.7 Å². The van der Waals surface area contributed by atoms with Gasteiger partial charge in [0.15, 0.2) is 5.75 Å². The molecule has 1 aliphatic heterocycles. The van der Waals surface area contributed by atoms with E-state index < -0.39 is 0 Å². The van der Waals surface area contributed by atoms with Gasteiger partial charge < -0.3 is 10.2 Å². The largest absolute Gasteiger partial charge is 0.352 e. The van der Waals surface area contributed by atoms with Crippen molar-refractivity contribution >= 4 is 5.91 Å². The Bertz CT molecular complexity index is 362. The van der Waals surface area contributed by atoms with Gasteiger partial charge in [0.1, 0.15) is 6.61 Å². The molecule has 0 bridgehead atoms. The lowest BCUT2D eigenvalue weighted by atomic mass is 10.1. The molecule has 1 heterocycles. The van der Waals surface area contributed by atoms with Crippen LogP contribution in [-0.2, 0) is 22.8 Å². The first-order valence-electron chi connectivity index (χ1n) is 4.41. The van der Waals surface area contributed by atoms with Gasteiger partial charge in [-0.15, -0.1) is 0 Å². The van der Waals surface area contributed by atoms with Crippen LogP contribution < -0.4 is 10.2 Å². The zero-order chi connectivity index (χ0) is 9.97. The molecule has 0 spiro atoms. The van der Waals surface area contributed by atoms with E-state index in [-0.39, 0.29) is 5.91 Å². The lowest BCUT2D eigenvalue weighted by Crippen LogP contribution is -2.18. The first-order valence-corrected chi connectivity index (χ1v) is 4.41. The third kappa shape index (κ3) is 1.85. The highest BCUT2D eigenvalue weighted by atomic mass is 17.2. The molecule has 4 nitrogen and oxygen atoms in total. The van der Waals surface area contributed by atoms with E-state index in [2.05, 4.69) is 5.32 Å². The van der Waals surface area contributed by atoms with Crippen molar-refractivity contribution in [2.75, 3.05) is 0 Å². The van der Waals surface area contributed by atoms with Crippen molar-refractivity contribution in [3.05, 3.63) is 29.3 Å². The zero-order valence-electron chi connectivity index (χ0n) is 7.87.